The highest BCUT2D eigenvalue weighted by atomic mass is 16.5. The lowest BCUT2D eigenvalue weighted by atomic mass is 9.80. The van der Waals surface area contributed by atoms with Crippen LogP contribution < -0.4 is 0 Å². The molecular weight excluding hydrogens is 304 g/mol. The van der Waals surface area contributed by atoms with Crippen LogP contribution in [0.15, 0.2) is 60.7 Å². The topological polar surface area (TPSA) is 9.23 Å². The predicted molar refractivity (Wildman–Crippen MR) is 108 cm³/mol. The highest BCUT2D eigenvalue weighted by Crippen LogP contribution is 2.43. The quantitative estimate of drug-likeness (QED) is 0.610. The smallest absolute Gasteiger partial charge is 0.0887 e. The van der Waals surface area contributed by atoms with E-state index in [1.165, 1.54) is 33.4 Å². The molecule has 0 saturated carbocycles. The van der Waals surface area contributed by atoms with Gasteiger partial charge in [-0.1, -0.05) is 48.5 Å². The molecule has 0 bridgehead atoms. The first-order valence-electron chi connectivity index (χ1n) is 8.90. The number of hydrogen-bond donors (Lipinski definition) is 0. The molecule has 0 spiro atoms. The fourth-order valence-electron chi connectivity index (χ4n) is 3.59. The van der Waals surface area contributed by atoms with Crippen LogP contribution in [0.3, 0.4) is 0 Å². The normalized spacial score (nSPS) is 18.8. The Morgan fingerprint density at radius 2 is 1.44 bits per heavy atom. The van der Waals surface area contributed by atoms with E-state index in [9.17, 15) is 0 Å². The summed E-state index contributed by atoms with van der Waals surface area (Å²) in [7, 11) is 0. The first-order chi connectivity index (χ1) is 11.6. The van der Waals surface area contributed by atoms with E-state index >= 15 is 0 Å². The van der Waals surface area contributed by atoms with Gasteiger partial charge in [-0.05, 0) is 87.1 Å². The summed E-state index contributed by atoms with van der Waals surface area (Å²) in [6, 6.07) is 15.4. The molecule has 25 heavy (non-hydrogen) atoms. The van der Waals surface area contributed by atoms with Crippen molar-refractivity contribution in [3.8, 4) is 11.1 Å². The van der Waals surface area contributed by atoms with Gasteiger partial charge >= 0.3 is 0 Å². The van der Waals surface area contributed by atoms with E-state index in [1.807, 2.05) is 0 Å². The minimum atomic E-state index is -0.375. The molecule has 1 aliphatic heterocycles. The number of hydrogen-bond acceptors (Lipinski definition) is 1. The molecular formula is C24H28O. The van der Waals surface area contributed by atoms with Gasteiger partial charge in [0.2, 0.25) is 0 Å². The van der Waals surface area contributed by atoms with Crippen molar-refractivity contribution in [2.24, 2.45) is 0 Å². The zero-order chi connectivity index (χ0) is 18.4. The molecule has 0 fully saturated rings. The van der Waals surface area contributed by atoms with Crippen molar-refractivity contribution in [3.63, 3.8) is 0 Å². The van der Waals surface area contributed by atoms with E-state index in [1.54, 1.807) is 0 Å². The Balaban J connectivity index is 2.13. The van der Waals surface area contributed by atoms with Crippen LogP contribution in [-0.2, 0) is 4.74 Å². The fraction of sp³-hybridized carbons (Fsp3) is 0.333. The molecule has 0 unspecified atom stereocenters. The molecule has 0 atom stereocenters. The van der Waals surface area contributed by atoms with Crippen LogP contribution in [-0.4, -0.2) is 11.2 Å². The minimum absolute atomic E-state index is 0.313. The summed E-state index contributed by atoms with van der Waals surface area (Å²) < 4.78 is 6.22. The Kier molecular flexibility index (Phi) is 4.25. The fourth-order valence-corrected chi connectivity index (χ4v) is 3.59. The van der Waals surface area contributed by atoms with Gasteiger partial charge in [0.05, 0.1) is 11.2 Å². The van der Waals surface area contributed by atoms with E-state index in [-0.39, 0.29) is 11.2 Å². The van der Waals surface area contributed by atoms with Crippen molar-refractivity contribution in [1.29, 1.82) is 0 Å². The molecule has 1 heteroatoms. The third-order valence-corrected chi connectivity index (χ3v) is 4.97. The van der Waals surface area contributed by atoms with Gasteiger partial charge in [0.25, 0.3) is 0 Å². The van der Waals surface area contributed by atoms with Gasteiger partial charge in [-0.25, -0.2) is 0 Å². The Hall–Kier alpha value is -2.12. The van der Waals surface area contributed by atoms with E-state index in [0.29, 0.717) is 0 Å². The van der Waals surface area contributed by atoms with Gasteiger partial charge < -0.3 is 4.74 Å². The standard InChI is InChI=1S/C24H28O/c1-16-8-11-19(12-9-16)20-13-10-17(2)21(14-20)22-15-23(4,5)25-24(6,7)18(22)3/h8-15H,3H2,1-2,4-7H3. The molecule has 3 rings (SSSR count). The second kappa shape index (κ2) is 6.00. The third-order valence-electron chi connectivity index (χ3n) is 4.97. The number of ether oxygens (including phenoxy) is 1. The highest BCUT2D eigenvalue weighted by molar-refractivity contribution is 5.85. The van der Waals surface area contributed by atoms with Crippen molar-refractivity contribution in [1.82, 2.24) is 0 Å². The largest absolute Gasteiger partial charge is 0.361 e. The van der Waals surface area contributed by atoms with Gasteiger partial charge in [-0.15, -0.1) is 0 Å². The average Bonchev–Trinajstić information content (AvgIpc) is 2.51. The lowest BCUT2D eigenvalue weighted by Crippen LogP contribution is -2.41. The molecule has 0 amide bonds. The van der Waals surface area contributed by atoms with Gasteiger partial charge in [0, 0.05) is 0 Å². The summed E-state index contributed by atoms with van der Waals surface area (Å²) in [6.45, 7) is 17.1. The molecule has 0 aromatic heterocycles. The first-order valence-corrected chi connectivity index (χ1v) is 8.90. The van der Waals surface area contributed by atoms with E-state index < -0.39 is 0 Å². The second-order valence-electron chi connectivity index (χ2n) is 8.15. The van der Waals surface area contributed by atoms with Gasteiger partial charge in [-0.3, -0.25) is 0 Å². The van der Waals surface area contributed by atoms with E-state index in [0.717, 1.165) is 5.57 Å². The SMILES string of the molecule is C=C1C(c2cc(-c3ccc(C)cc3)ccc2C)=CC(C)(C)OC1(C)C. The average molecular weight is 332 g/mol. The number of rotatable bonds is 2. The summed E-state index contributed by atoms with van der Waals surface area (Å²) in [5.41, 5.74) is 7.81. The van der Waals surface area contributed by atoms with Gasteiger partial charge in [-0.2, -0.15) is 0 Å². The zero-order valence-electron chi connectivity index (χ0n) is 16.2. The van der Waals surface area contributed by atoms with Crippen LogP contribution in [0.4, 0.5) is 0 Å². The van der Waals surface area contributed by atoms with Crippen LogP contribution >= 0.6 is 0 Å². The zero-order valence-corrected chi connectivity index (χ0v) is 16.2. The molecule has 1 heterocycles. The second-order valence-corrected chi connectivity index (χ2v) is 8.15. The van der Waals surface area contributed by atoms with Crippen LogP contribution in [0.25, 0.3) is 16.7 Å². The van der Waals surface area contributed by atoms with Gasteiger partial charge in [0.15, 0.2) is 0 Å². The van der Waals surface area contributed by atoms with Crippen molar-refractivity contribution >= 4 is 5.57 Å². The summed E-state index contributed by atoms with van der Waals surface area (Å²) in [5.74, 6) is 0. The molecule has 0 saturated heterocycles. The molecule has 0 radical (unpaired) electrons. The van der Waals surface area contributed by atoms with Crippen molar-refractivity contribution < 1.29 is 4.74 Å². The maximum Gasteiger partial charge on any atom is 0.0887 e. The summed E-state index contributed by atoms with van der Waals surface area (Å²) in [4.78, 5) is 0. The van der Waals surface area contributed by atoms with Crippen molar-refractivity contribution in [2.45, 2.75) is 52.7 Å². The van der Waals surface area contributed by atoms with Crippen molar-refractivity contribution in [2.75, 3.05) is 0 Å². The molecule has 130 valence electrons. The summed E-state index contributed by atoms with van der Waals surface area (Å²) in [6.07, 6.45) is 2.21. The Morgan fingerprint density at radius 1 is 0.840 bits per heavy atom. The maximum atomic E-state index is 6.22. The summed E-state index contributed by atoms with van der Waals surface area (Å²) >= 11 is 0. The van der Waals surface area contributed by atoms with Crippen LogP contribution in [0.2, 0.25) is 0 Å². The highest BCUT2D eigenvalue weighted by Gasteiger charge is 2.37. The van der Waals surface area contributed by atoms with Gasteiger partial charge in [0.1, 0.15) is 0 Å². The van der Waals surface area contributed by atoms with Crippen LogP contribution in [0.1, 0.15) is 44.4 Å². The maximum absolute atomic E-state index is 6.22. The molecule has 0 N–H and O–H groups in total. The third kappa shape index (κ3) is 3.48. The molecule has 1 aliphatic rings. The molecule has 2 aromatic carbocycles. The Labute approximate surface area is 152 Å². The number of aryl methyl sites for hydroxylation is 2. The van der Waals surface area contributed by atoms with Crippen molar-refractivity contribution in [3.05, 3.63) is 77.4 Å². The lowest BCUT2D eigenvalue weighted by Gasteiger charge is -2.42. The first kappa shape index (κ1) is 17.7. The minimum Gasteiger partial charge on any atom is -0.361 e. The van der Waals surface area contributed by atoms with Crippen LogP contribution in [0.5, 0.6) is 0 Å². The predicted octanol–water partition coefficient (Wildman–Crippen LogP) is 6.50. The van der Waals surface area contributed by atoms with E-state index in [2.05, 4.69) is 96.7 Å². The molecule has 2 aromatic rings. The summed E-state index contributed by atoms with van der Waals surface area (Å²) in [5, 5.41) is 0. The Morgan fingerprint density at radius 3 is 2.08 bits per heavy atom. The Bertz CT molecular complexity index is 848. The molecule has 1 nitrogen and oxygen atoms in total. The van der Waals surface area contributed by atoms with Crippen LogP contribution in [0, 0.1) is 13.8 Å². The monoisotopic (exact) mass is 332 g/mol. The molecule has 0 aliphatic carbocycles. The van der Waals surface area contributed by atoms with E-state index in [4.69, 9.17) is 4.74 Å². The lowest BCUT2D eigenvalue weighted by molar-refractivity contribution is -0.0773. The number of benzene rings is 2.